The summed E-state index contributed by atoms with van der Waals surface area (Å²) in [6.07, 6.45) is 2.12. The maximum atomic E-state index is 11.9. The third-order valence-corrected chi connectivity index (χ3v) is 3.12. The molecule has 0 aliphatic carbocycles. The van der Waals surface area contributed by atoms with Gasteiger partial charge >= 0.3 is 6.03 Å². The van der Waals surface area contributed by atoms with Crippen molar-refractivity contribution < 1.29 is 4.79 Å². The molecule has 0 spiro atoms. The van der Waals surface area contributed by atoms with Gasteiger partial charge in [0.05, 0.1) is 0 Å². The van der Waals surface area contributed by atoms with Gasteiger partial charge in [0, 0.05) is 23.8 Å². The van der Waals surface area contributed by atoms with Crippen molar-refractivity contribution in [1.82, 2.24) is 4.90 Å². The number of rotatable bonds is 4. The zero-order valence-electron chi connectivity index (χ0n) is 10.6. The van der Waals surface area contributed by atoms with Crippen molar-refractivity contribution >= 4 is 27.6 Å². The molecular weight excluding hydrogens is 280 g/mol. The lowest BCUT2D eigenvalue weighted by atomic mass is 10.2. The fourth-order valence-corrected chi connectivity index (χ4v) is 1.95. The summed E-state index contributed by atoms with van der Waals surface area (Å²) in [6, 6.07) is 5.77. The number of unbranched alkanes of at least 4 members (excludes halogenated alkanes) is 1. The minimum Gasteiger partial charge on any atom is -0.328 e. The van der Waals surface area contributed by atoms with Crippen LogP contribution in [-0.2, 0) is 0 Å². The number of carbonyl (C=O) groups excluding carboxylic acids is 1. The molecule has 17 heavy (non-hydrogen) atoms. The van der Waals surface area contributed by atoms with E-state index < -0.39 is 0 Å². The third-order valence-electron chi connectivity index (χ3n) is 2.62. The van der Waals surface area contributed by atoms with Gasteiger partial charge in [-0.15, -0.1) is 0 Å². The summed E-state index contributed by atoms with van der Waals surface area (Å²) in [5, 5.41) is 2.91. The quantitative estimate of drug-likeness (QED) is 0.894. The number of nitrogens with one attached hydrogen (secondary N) is 1. The van der Waals surface area contributed by atoms with Gasteiger partial charge in [-0.1, -0.05) is 29.3 Å². The molecule has 4 heteroatoms. The number of aryl methyl sites for hydroxylation is 1. The second-order valence-corrected chi connectivity index (χ2v) is 5.08. The van der Waals surface area contributed by atoms with E-state index >= 15 is 0 Å². The van der Waals surface area contributed by atoms with Crippen molar-refractivity contribution in [2.75, 3.05) is 18.9 Å². The molecule has 1 aromatic rings. The van der Waals surface area contributed by atoms with E-state index in [4.69, 9.17) is 0 Å². The van der Waals surface area contributed by atoms with Crippen molar-refractivity contribution in [2.24, 2.45) is 0 Å². The lowest BCUT2D eigenvalue weighted by molar-refractivity contribution is 0.222. The molecule has 0 fully saturated rings. The van der Waals surface area contributed by atoms with Crippen molar-refractivity contribution in [3.8, 4) is 0 Å². The Labute approximate surface area is 111 Å². The van der Waals surface area contributed by atoms with Crippen molar-refractivity contribution in [2.45, 2.75) is 26.7 Å². The second kappa shape index (κ2) is 6.64. The highest BCUT2D eigenvalue weighted by Gasteiger charge is 2.09. The van der Waals surface area contributed by atoms with Crippen molar-refractivity contribution in [3.05, 3.63) is 28.2 Å². The predicted octanol–water partition coefficient (Wildman–Crippen LogP) is 4.02. The minimum atomic E-state index is -0.0520. The number of hydrogen-bond donors (Lipinski definition) is 1. The zero-order chi connectivity index (χ0) is 12.8. The van der Waals surface area contributed by atoms with Crippen LogP contribution in [0.5, 0.6) is 0 Å². The fourth-order valence-electron chi connectivity index (χ4n) is 1.47. The van der Waals surface area contributed by atoms with E-state index in [-0.39, 0.29) is 6.03 Å². The molecule has 1 N–H and O–H groups in total. The number of benzene rings is 1. The Morgan fingerprint density at radius 3 is 2.76 bits per heavy atom. The molecule has 0 aliphatic rings. The molecule has 2 amide bonds. The summed E-state index contributed by atoms with van der Waals surface area (Å²) in [5.74, 6) is 0. The van der Waals surface area contributed by atoms with Crippen LogP contribution >= 0.6 is 15.9 Å². The Kier molecular flexibility index (Phi) is 5.48. The SMILES string of the molecule is CCCCN(C)C(=O)Nc1ccc(Br)cc1C. The molecule has 0 heterocycles. The van der Waals surface area contributed by atoms with Crippen molar-refractivity contribution in [3.63, 3.8) is 0 Å². The zero-order valence-corrected chi connectivity index (χ0v) is 12.2. The summed E-state index contributed by atoms with van der Waals surface area (Å²) >= 11 is 3.40. The van der Waals surface area contributed by atoms with Crippen LogP contribution in [0, 0.1) is 6.92 Å². The molecule has 0 saturated heterocycles. The summed E-state index contributed by atoms with van der Waals surface area (Å²) in [6.45, 7) is 4.88. The molecule has 1 rings (SSSR count). The van der Waals surface area contributed by atoms with Gasteiger partial charge in [-0.25, -0.2) is 4.79 Å². The van der Waals surface area contributed by atoms with Crippen LogP contribution < -0.4 is 5.32 Å². The first kappa shape index (κ1) is 14.0. The topological polar surface area (TPSA) is 32.3 Å². The molecule has 0 atom stereocenters. The van der Waals surface area contributed by atoms with Gasteiger partial charge in [-0.05, 0) is 37.1 Å². The van der Waals surface area contributed by atoms with Gasteiger partial charge in [0.2, 0.25) is 0 Å². The van der Waals surface area contributed by atoms with E-state index in [1.807, 2.05) is 32.2 Å². The van der Waals surface area contributed by atoms with E-state index in [1.54, 1.807) is 4.90 Å². The lowest BCUT2D eigenvalue weighted by Crippen LogP contribution is -2.32. The van der Waals surface area contributed by atoms with E-state index in [0.29, 0.717) is 0 Å². The number of amides is 2. The normalized spacial score (nSPS) is 10.1. The highest BCUT2D eigenvalue weighted by molar-refractivity contribution is 9.10. The largest absolute Gasteiger partial charge is 0.328 e. The summed E-state index contributed by atoms with van der Waals surface area (Å²) in [4.78, 5) is 13.6. The maximum absolute atomic E-state index is 11.9. The number of carbonyl (C=O) groups is 1. The molecule has 94 valence electrons. The molecule has 0 radical (unpaired) electrons. The van der Waals surface area contributed by atoms with Crippen LogP contribution in [0.4, 0.5) is 10.5 Å². The molecule has 0 saturated carbocycles. The predicted molar refractivity (Wildman–Crippen MR) is 75.4 cm³/mol. The molecule has 0 aliphatic heterocycles. The average molecular weight is 299 g/mol. The smallest absolute Gasteiger partial charge is 0.321 e. The van der Waals surface area contributed by atoms with Crippen LogP contribution in [-0.4, -0.2) is 24.5 Å². The van der Waals surface area contributed by atoms with Gasteiger partial charge in [0.15, 0.2) is 0 Å². The van der Waals surface area contributed by atoms with Crippen LogP contribution in [0.15, 0.2) is 22.7 Å². The average Bonchev–Trinajstić information content (AvgIpc) is 2.29. The van der Waals surface area contributed by atoms with E-state index in [1.165, 1.54) is 0 Å². The molecule has 1 aromatic carbocycles. The first-order chi connectivity index (χ1) is 8.04. The lowest BCUT2D eigenvalue weighted by Gasteiger charge is -2.18. The van der Waals surface area contributed by atoms with E-state index in [9.17, 15) is 4.79 Å². The van der Waals surface area contributed by atoms with Gasteiger partial charge in [0.1, 0.15) is 0 Å². The Morgan fingerprint density at radius 1 is 1.47 bits per heavy atom. The standard InChI is InChI=1S/C13H19BrN2O/c1-4-5-8-16(3)13(17)15-12-7-6-11(14)9-10(12)2/h6-7,9H,4-5,8H2,1-3H3,(H,15,17). The molecular formula is C13H19BrN2O. The van der Waals surface area contributed by atoms with Gasteiger partial charge in [-0.3, -0.25) is 0 Å². The molecule has 3 nitrogen and oxygen atoms in total. The fraction of sp³-hybridized carbons (Fsp3) is 0.462. The first-order valence-corrected chi connectivity index (χ1v) is 6.62. The Hall–Kier alpha value is -1.03. The highest BCUT2D eigenvalue weighted by Crippen LogP contribution is 2.20. The maximum Gasteiger partial charge on any atom is 0.321 e. The molecule has 0 bridgehead atoms. The summed E-state index contributed by atoms with van der Waals surface area (Å²) < 4.78 is 1.02. The first-order valence-electron chi connectivity index (χ1n) is 5.83. The number of anilines is 1. The van der Waals surface area contributed by atoms with E-state index in [2.05, 4.69) is 28.2 Å². The van der Waals surface area contributed by atoms with Crippen LogP contribution in [0.25, 0.3) is 0 Å². The van der Waals surface area contributed by atoms with Crippen LogP contribution in [0.1, 0.15) is 25.3 Å². The van der Waals surface area contributed by atoms with Crippen molar-refractivity contribution in [1.29, 1.82) is 0 Å². The highest BCUT2D eigenvalue weighted by atomic mass is 79.9. The minimum absolute atomic E-state index is 0.0520. The van der Waals surface area contributed by atoms with E-state index in [0.717, 1.165) is 35.1 Å². The Balaban J connectivity index is 2.61. The molecule has 0 unspecified atom stereocenters. The van der Waals surface area contributed by atoms with Gasteiger partial charge in [-0.2, -0.15) is 0 Å². The number of hydrogen-bond acceptors (Lipinski definition) is 1. The van der Waals surface area contributed by atoms with Gasteiger partial charge < -0.3 is 10.2 Å². The Morgan fingerprint density at radius 2 is 2.18 bits per heavy atom. The number of halogens is 1. The van der Waals surface area contributed by atoms with Crippen LogP contribution in [0.2, 0.25) is 0 Å². The number of urea groups is 1. The van der Waals surface area contributed by atoms with Crippen LogP contribution in [0.3, 0.4) is 0 Å². The van der Waals surface area contributed by atoms with Gasteiger partial charge in [0.25, 0.3) is 0 Å². The summed E-state index contributed by atoms with van der Waals surface area (Å²) in [5.41, 5.74) is 1.91. The third kappa shape index (κ3) is 4.38. The second-order valence-electron chi connectivity index (χ2n) is 4.16. The summed E-state index contributed by atoms with van der Waals surface area (Å²) in [7, 11) is 1.82. The number of nitrogens with zero attached hydrogens (tertiary/aromatic N) is 1. The Bertz CT molecular complexity index is 393. The molecule has 0 aromatic heterocycles. The monoisotopic (exact) mass is 298 g/mol.